The Morgan fingerprint density at radius 3 is 2.67 bits per heavy atom. The Morgan fingerprint density at radius 1 is 0.970 bits per heavy atom. The Balaban J connectivity index is 1.38. The first kappa shape index (κ1) is 19.6. The van der Waals surface area contributed by atoms with E-state index >= 15 is 0 Å². The van der Waals surface area contributed by atoms with Gasteiger partial charge >= 0.3 is 4.87 Å². The van der Waals surface area contributed by atoms with Gasteiger partial charge in [-0.1, -0.05) is 47.7 Å². The Morgan fingerprint density at radius 2 is 1.85 bits per heavy atom. The first-order valence-corrected chi connectivity index (χ1v) is 11.2. The molecule has 3 heterocycles. The predicted molar refractivity (Wildman–Crippen MR) is 128 cm³/mol. The number of H-pyrrole nitrogens is 1. The molecule has 0 spiro atoms. The number of thiazole rings is 1. The second-order valence-corrected chi connectivity index (χ2v) is 8.93. The summed E-state index contributed by atoms with van der Waals surface area (Å²) in [5.74, 6) is 1.42. The van der Waals surface area contributed by atoms with Crippen LogP contribution in [-0.2, 0) is 6.42 Å². The van der Waals surface area contributed by atoms with Gasteiger partial charge in [-0.3, -0.25) is 14.8 Å². The van der Waals surface area contributed by atoms with Crippen LogP contribution in [0, 0.1) is 0 Å². The first-order valence-electron chi connectivity index (χ1n) is 10.4. The van der Waals surface area contributed by atoms with Crippen LogP contribution in [0.15, 0.2) is 77.9 Å². The van der Waals surface area contributed by atoms with Gasteiger partial charge in [-0.05, 0) is 51.7 Å². The van der Waals surface area contributed by atoms with E-state index in [9.17, 15) is 9.90 Å². The van der Waals surface area contributed by atoms with Gasteiger partial charge < -0.3 is 14.6 Å². The summed E-state index contributed by atoms with van der Waals surface area (Å²) < 4.78 is 11.4. The van der Waals surface area contributed by atoms with Crippen LogP contribution in [0.5, 0.6) is 17.4 Å². The highest BCUT2D eigenvalue weighted by atomic mass is 32.1. The summed E-state index contributed by atoms with van der Waals surface area (Å²) >= 11 is 1.04. The molecule has 0 saturated heterocycles. The number of nitrogens with zero attached hydrogens (tertiary/aromatic N) is 1. The number of hydrogen-bond donors (Lipinski definition) is 2. The molecule has 162 valence electrons. The third kappa shape index (κ3) is 3.62. The minimum atomic E-state index is -0.248. The summed E-state index contributed by atoms with van der Waals surface area (Å²) in [6.45, 7) is 0.206. The molecule has 6 rings (SSSR count). The van der Waals surface area contributed by atoms with Crippen molar-refractivity contribution in [1.29, 1.82) is 0 Å². The number of pyridine rings is 1. The van der Waals surface area contributed by atoms with E-state index in [0.29, 0.717) is 11.3 Å². The number of nitrogens with one attached hydrogen (secondary N) is 1. The molecule has 0 bridgehead atoms. The molecule has 3 aromatic carbocycles. The van der Waals surface area contributed by atoms with Crippen molar-refractivity contribution in [3.63, 3.8) is 0 Å². The van der Waals surface area contributed by atoms with Gasteiger partial charge in [0.05, 0.1) is 4.88 Å². The minimum Gasteiger partial charge on any atom is -0.494 e. The lowest BCUT2D eigenvalue weighted by atomic mass is 9.96. The monoisotopic (exact) mass is 454 g/mol. The Hall–Kier alpha value is -4.10. The molecule has 1 aliphatic rings. The largest absolute Gasteiger partial charge is 0.494 e. The van der Waals surface area contributed by atoms with Crippen molar-refractivity contribution in [2.45, 2.75) is 6.42 Å². The summed E-state index contributed by atoms with van der Waals surface area (Å²) in [6.07, 6.45) is 4.08. The van der Waals surface area contributed by atoms with E-state index in [4.69, 9.17) is 9.47 Å². The van der Waals surface area contributed by atoms with Gasteiger partial charge in [0, 0.05) is 29.9 Å². The molecule has 33 heavy (non-hydrogen) atoms. The lowest BCUT2D eigenvalue weighted by Crippen LogP contribution is -1.93. The lowest BCUT2D eigenvalue weighted by Gasteiger charge is -2.11. The molecule has 2 aromatic heterocycles. The number of rotatable bonds is 4. The number of benzene rings is 3. The smallest absolute Gasteiger partial charge is 0.307 e. The molecule has 0 amide bonds. The van der Waals surface area contributed by atoms with Gasteiger partial charge in [-0.25, -0.2) is 0 Å². The number of hydrogen-bond acceptors (Lipinski definition) is 6. The van der Waals surface area contributed by atoms with Crippen molar-refractivity contribution < 1.29 is 14.6 Å². The fourth-order valence-electron chi connectivity index (χ4n) is 4.16. The van der Waals surface area contributed by atoms with E-state index in [1.165, 1.54) is 0 Å². The molecular formula is C26H18N2O4S. The van der Waals surface area contributed by atoms with E-state index in [2.05, 4.69) is 46.4 Å². The second-order valence-electron chi connectivity index (χ2n) is 7.86. The number of aromatic amines is 1. The molecule has 0 fully saturated rings. The third-order valence-electron chi connectivity index (χ3n) is 5.75. The molecule has 0 aliphatic carbocycles. The van der Waals surface area contributed by atoms with Crippen molar-refractivity contribution in [2.75, 3.05) is 6.79 Å². The van der Waals surface area contributed by atoms with Crippen LogP contribution in [0.2, 0.25) is 0 Å². The fraction of sp³-hybridized carbons (Fsp3) is 0.0769. The maximum absolute atomic E-state index is 11.5. The second kappa shape index (κ2) is 7.79. The summed E-state index contributed by atoms with van der Waals surface area (Å²) in [7, 11) is 0. The van der Waals surface area contributed by atoms with E-state index < -0.39 is 0 Å². The molecule has 0 atom stereocenters. The van der Waals surface area contributed by atoms with Crippen molar-refractivity contribution in [2.24, 2.45) is 0 Å². The third-order valence-corrected chi connectivity index (χ3v) is 6.62. The van der Waals surface area contributed by atoms with Gasteiger partial charge in [0.2, 0.25) is 12.7 Å². The Labute approximate surface area is 192 Å². The minimum absolute atomic E-state index is 0.0485. The molecule has 6 nitrogen and oxygen atoms in total. The highest BCUT2D eigenvalue weighted by molar-refractivity contribution is 7.09. The van der Waals surface area contributed by atoms with Crippen LogP contribution in [-0.4, -0.2) is 21.9 Å². The fourth-order valence-corrected chi connectivity index (χ4v) is 4.91. The van der Waals surface area contributed by atoms with Gasteiger partial charge in [-0.15, -0.1) is 0 Å². The van der Waals surface area contributed by atoms with E-state index in [0.717, 1.165) is 61.4 Å². The first-order chi connectivity index (χ1) is 16.1. The Kier molecular flexibility index (Phi) is 4.62. The summed E-state index contributed by atoms with van der Waals surface area (Å²) in [5.41, 5.74) is 5.06. The molecule has 0 radical (unpaired) electrons. The average molecular weight is 455 g/mol. The summed E-state index contributed by atoms with van der Waals surface area (Å²) in [4.78, 5) is 18.5. The van der Waals surface area contributed by atoms with Gasteiger partial charge in [-0.2, -0.15) is 0 Å². The zero-order chi connectivity index (χ0) is 22.4. The topological polar surface area (TPSA) is 84.4 Å². The highest BCUT2D eigenvalue weighted by Gasteiger charge is 2.21. The highest BCUT2D eigenvalue weighted by Crippen LogP contribution is 2.44. The maximum atomic E-state index is 11.5. The van der Waals surface area contributed by atoms with Gasteiger partial charge in [0.25, 0.3) is 0 Å². The molecule has 7 heteroatoms. The molecular weight excluding hydrogens is 436 g/mol. The van der Waals surface area contributed by atoms with Crippen molar-refractivity contribution in [3.05, 3.63) is 93.2 Å². The quantitative estimate of drug-likeness (QED) is 0.383. The Bertz CT molecular complexity index is 1560. The number of aromatic hydroxyl groups is 1. The zero-order valence-electron chi connectivity index (χ0n) is 17.4. The normalized spacial score (nSPS) is 12.4. The van der Waals surface area contributed by atoms with E-state index in [1.807, 2.05) is 30.5 Å². The summed E-state index contributed by atoms with van der Waals surface area (Å²) in [6, 6.07) is 20.5. The van der Waals surface area contributed by atoms with E-state index in [1.54, 1.807) is 6.20 Å². The summed E-state index contributed by atoms with van der Waals surface area (Å²) in [5, 5.41) is 12.1. The van der Waals surface area contributed by atoms with Crippen LogP contribution >= 0.6 is 11.3 Å². The lowest BCUT2D eigenvalue weighted by molar-refractivity contribution is 0.174. The molecule has 1 aliphatic heterocycles. The standard InChI is InChI=1S/C26H18N2O4S/c29-25-23(33-26(30)28-25)9-15-3-4-17-10-18(6-5-16(17)8-15)20-11-21(19-2-1-7-27-13-19)24-22(12-20)31-14-32-24/h1-8,10-13,29H,9,14H2,(H,28,30). The van der Waals surface area contributed by atoms with Crippen LogP contribution in [0.3, 0.4) is 0 Å². The van der Waals surface area contributed by atoms with Crippen molar-refractivity contribution in [1.82, 2.24) is 9.97 Å². The van der Waals surface area contributed by atoms with Crippen LogP contribution in [0.1, 0.15) is 10.4 Å². The van der Waals surface area contributed by atoms with Crippen LogP contribution in [0.4, 0.5) is 0 Å². The number of ether oxygens (including phenoxy) is 2. The van der Waals surface area contributed by atoms with Crippen molar-refractivity contribution >= 4 is 22.1 Å². The van der Waals surface area contributed by atoms with Gasteiger partial charge in [0.15, 0.2) is 11.5 Å². The predicted octanol–water partition coefficient (Wildman–Crippen LogP) is 5.34. The maximum Gasteiger partial charge on any atom is 0.307 e. The molecule has 0 saturated carbocycles. The molecule has 0 unspecified atom stereocenters. The van der Waals surface area contributed by atoms with Gasteiger partial charge in [0.1, 0.15) is 0 Å². The molecule has 2 N–H and O–H groups in total. The van der Waals surface area contributed by atoms with Crippen LogP contribution in [0.25, 0.3) is 33.0 Å². The van der Waals surface area contributed by atoms with Crippen LogP contribution < -0.4 is 14.3 Å². The average Bonchev–Trinajstić information content (AvgIpc) is 3.44. The number of aromatic nitrogens is 2. The van der Waals surface area contributed by atoms with E-state index in [-0.39, 0.29) is 17.5 Å². The van der Waals surface area contributed by atoms with Crippen molar-refractivity contribution in [3.8, 4) is 39.6 Å². The number of fused-ring (bicyclic) bond motifs is 2. The SMILES string of the molecule is O=c1[nH]c(O)c(Cc2ccc3cc(-c4cc5c(c(-c6cccnc6)c4)OCO5)ccc3c2)s1. The zero-order valence-corrected chi connectivity index (χ0v) is 18.2. The molecule has 5 aromatic rings.